The summed E-state index contributed by atoms with van der Waals surface area (Å²) in [5, 5.41) is 0. The Balaban J connectivity index is 2.41. The van der Waals surface area contributed by atoms with Gasteiger partial charge < -0.3 is 0 Å². The van der Waals surface area contributed by atoms with Crippen LogP contribution in [0.4, 0.5) is 8.78 Å². The molecule has 0 saturated heterocycles. The SMILES string of the molecule is CC1[CH]N(C(F)F)[C]=N1. The molecular formula is C5H6F2N2. The second-order valence-corrected chi connectivity index (χ2v) is 1.80. The van der Waals surface area contributed by atoms with E-state index < -0.39 is 6.55 Å². The molecule has 2 nitrogen and oxygen atoms in total. The van der Waals surface area contributed by atoms with E-state index in [0.29, 0.717) is 4.90 Å². The van der Waals surface area contributed by atoms with Gasteiger partial charge in [0.25, 0.3) is 0 Å². The highest BCUT2D eigenvalue weighted by atomic mass is 19.3. The van der Waals surface area contributed by atoms with Crippen molar-refractivity contribution in [3.8, 4) is 0 Å². The van der Waals surface area contributed by atoms with Crippen LogP contribution in [-0.2, 0) is 0 Å². The Hall–Kier alpha value is -0.670. The van der Waals surface area contributed by atoms with E-state index in [2.05, 4.69) is 11.3 Å². The molecule has 0 amide bonds. The van der Waals surface area contributed by atoms with Crippen LogP contribution in [0.2, 0.25) is 0 Å². The topological polar surface area (TPSA) is 15.6 Å². The number of halogens is 2. The lowest BCUT2D eigenvalue weighted by atomic mass is 10.4. The van der Waals surface area contributed by atoms with Crippen LogP contribution in [0.15, 0.2) is 4.99 Å². The molecule has 1 heterocycles. The van der Waals surface area contributed by atoms with Gasteiger partial charge in [-0.1, -0.05) is 0 Å². The van der Waals surface area contributed by atoms with Gasteiger partial charge in [-0.25, -0.2) is 0 Å². The van der Waals surface area contributed by atoms with Gasteiger partial charge >= 0.3 is 6.55 Å². The molecule has 2 radical (unpaired) electrons. The monoisotopic (exact) mass is 132 g/mol. The van der Waals surface area contributed by atoms with Gasteiger partial charge in [0.15, 0.2) is 6.34 Å². The van der Waals surface area contributed by atoms with Crippen molar-refractivity contribution in [2.24, 2.45) is 4.99 Å². The Morgan fingerprint density at radius 1 is 1.78 bits per heavy atom. The fourth-order valence-electron chi connectivity index (χ4n) is 0.566. The van der Waals surface area contributed by atoms with Crippen molar-refractivity contribution >= 4 is 6.34 Å². The lowest BCUT2D eigenvalue weighted by molar-refractivity contribution is 0.0438. The summed E-state index contributed by atoms with van der Waals surface area (Å²) >= 11 is 0. The minimum Gasteiger partial charge on any atom is -0.290 e. The van der Waals surface area contributed by atoms with Gasteiger partial charge in [-0.15, -0.1) is 0 Å². The highest BCUT2D eigenvalue weighted by molar-refractivity contribution is 5.59. The molecule has 0 aromatic carbocycles. The molecule has 9 heavy (non-hydrogen) atoms. The summed E-state index contributed by atoms with van der Waals surface area (Å²) in [7, 11) is 0. The van der Waals surface area contributed by atoms with Crippen LogP contribution in [0.3, 0.4) is 0 Å². The van der Waals surface area contributed by atoms with Crippen molar-refractivity contribution in [3.05, 3.63) is 6.54 Å². The minimum atomic E-state index is -2.50. The Morgan fingerprint density at radius 3 is 2.67 bits per heavy atom. The maximum atomic E-state index is 11.7. The molecule has 1 atom stereocenters. The molecule has 4 heteroatoms. The van der Waals surface area contributed by atoms with E-state index in [-0.39, 0.29) is 6.04 Å². The predicted octanol–water partition coefficient (Wildman–Crippen LogP) is 0.980. The van der Waals surface area contributed by atoms with Gasteiger partial charge in [0.2, 0.25) is 0 Å². The molecule has 0 aromatic heterocycles. The normalized spacial score (nSPS) is 26.2. The average Bonchev–Trinajstić information content (AvgIpc) is 2.14. The number of hydrogen-bond donors (Lipinski definition) is 0. The Morgan fingerprint density at radius 2 is 2.44 bits per heavy atom. The molecule has 0 saturated carbocycles. The van der Waals surface area contributed by atoms with Gasteiger partial charge in [-0.05, 0) is 6.92 Å². The van der Waals surface area contributed by atoms with E-state index in [1.165, 1.54) is 6.54 Å². The van der Waals surface area contributed by atoms with Gasteiger partial charge in [-0.3, -0.25) is 9.89 Å². The molecule has 0 N–H and O–H groups in total. The smallest absolute Gasteiger partial charge is 0.290 e. The summed E-state index contributed by atoms with van der Waals surface area (Å²) < 4.78 is 23.4. The second-order valence-electron chi connectivity index (χ2n) is 1.80. The average molecular weight is 132 g/mol. The van der Waals surface area contributed by atoms with Gasteiger partial charge in [0.1, 0.15) is 0 Å². The zero-order valence-corrected chi connectivity index (χ0v) is 4.88. The molecular weight excluding hydrogens is 126 g/mol. The van der Waals surface area contributed by atoms with Crippen LogP contribution < -0.4 is 0 Å². The van der Waals surface area contributed by atoms with Crippen LogP contribution >= 0.6 is 0 Å². The van der Waals surface area contributed by atoms with E-state index in [1.807, 2.05) is 0 Å². The zero-order valence-electron chi connectivity index (χ0n) is 4.88. The summed E-state index contributed by atoms with van der Waals surface area (Å²) in [5.74, 6) is 0. The van der Waals surface area contributed by atoms with E-state index in [0.717, 1.165) is 0 Å². The summed E-state index contributed by atoms with van der Waals surface area (Å²) in [6, 6.07) is -0.154. The summed E-state index contributed by atoms with van der Waals surface area (Å²) in [4.78, 5) is 4.25. The first-order valence-electron chi connectivity index (χ1n) is 2.57. The number of alkyl halides is 2. The number of rotatable bonds is 1. The number of aliphatic imine (C=N–C) groups is 1. The second kappa shape index (κ2) is 2.29. The van der Waals surface area contributed by atoms with Crippen molar-refractivity contribution in [2.45, 2.75) is 19.5 Å². The quantitative estimate of drug-likeness (QED) is 0.485. The number of nitrogens with zero attached hydrogens (tertiary/aromatic N) is 2. The highest BCUT2D eigenvalue weighted by Crippen LogP contribution is 2.12. The Kier molecular flexibility index (Phi) is 1.64. The first kappa shape index (κ1) is 6.45. The van der Waals surface area contributed by atoms with E-state index in [4.69, 9.17) is 0 Å². The van der Waals surface area contributed by atoms with E-state index in [9.17, 15) is 8.78 Å². The van der Waals surface area contributed by atoms with Crippen molar-refractivity contribution in [2.75, 3.05) is 0 Å². The fourth-order valence-corrected chi connectivity index (χ4v) is 0.566. The lowest BCUT2D eigenvalue weighted by Gasteiger charge is -2.10. The molecule has 1 rings (SSSR count). The molecule has 0 spiro atoms. The van der Waals surface area contributed by atoms with Crippen LogP contribution in [0.25, 0.3) is 0 Å². The largest absolute Gasteiger partial charge is 0.316 e. The molecule has 1 unspecified atom stereocenters. The van der Waals surface area contributed by atoms with Crippen LogP contribution in [0.1, 0.15) is 6.92 Å². The highest BCUT2D eigenvalue weighted by Gasteiger charge is 2.21. The Labute approximate surface area is 52.2 Å². The Bertz CT molecular complexity index is 124. The lowest BCUT2D eigenvalue weighted by Crippen LogP contribution is -2.22. The molecule has 0 aliphatic carbocycles. The van der Waals surface area contributed by atoms with Crippen LogP contribution in [-0.4, -0.2) is 23.8 Å². The van der Waals surface area contributed by atoms with Crippen molar-refractivity contribution in [1.29, 1.82) is 0 Å². The summed E-state index contributed by atoms with van der Waals surface area (Å²) in [6.45, 7) is 0.541. The standard InChI is InChI=1S/C5H6F2N2/c1-4-2-9(3-8-4)5(6)7/h2,4-5H,1H3. The van der Waals surface area contributed by atoms with Gasteiger partial charge in [-0.2, -0.15) is 8.78 Å². The van der Waals surface area contributed by atoms with E-state index in [1.54, 1.807) is 6.92 Å². The third-order valence-electron chi connectivity index (χ3n) is 0.963. The maximum absolute atomic E-state index is 11.7. The third kappa shape index (κ3) is 1.37. The van der Waals surface area contributed by atoms with Crippen molar-refractivity contribution in [1.82, 2.24) is 4.90 Å². The van der Waals surface area contributed by atoms with Crippen LogP contribution in [0.5, 0.6) is 0 Å². The van der Waals surface area contributed by atoms with Gasteiger partial charge in [0, 0.05) is 0 Å². The summed E-state index contributed by atoms with van der Waals surface area (Å²) in [6.07, 6.45) is 2.16. The molecule has 0 aromatic rings. The first-order chi connectivity index (χ1) is 4.20. The van der Waals surface area contributed by atoms with Crippen molar-refractivity contribution < 1.29 is 8.78 Å². The molecule has 0 fully saturated rings. The predicted molar refractivity (Wildman–Crippen MR) is 29.0 cm³/mol. The molecule has 50 valence electrons. The first-order valence-corrected chi connectivity index (χ1v) is 2.57. The zero-order chi connectivity index (χ0) is 6.85. The maximum Gasteiger partial charge on any atom is 0.316 e. The number of hydrogen-bond acceptors (Lipinski definition) is 2. The summed E-state index contributed by atoms with van der Waals surface area (Å²) in [5.41, 5.74) is 0. The fraction of sp³-hybridized carbons (Fsp3) is 0.600. The minimum absolute atomic E-state index is 0.154. The van der Waals surface area contributed by atoms with Gasteiger partial charge in [0.05, 0.1) is 12.6 Å². The molecule has 0 bridgehead atoms. The molecule has 1 aliphatic rings. The van der Waals surface area contributed by atoms with Crippen LogP contribution in [0, 0.1) is 6.54 Å². The third-order valence-corrected chi connectivity index (χ3v) is 0.963. The van der Waals surface area contributed by atoms with E-state index >= 15 is 0 Å². The van der Waals surface area contributed by atoms with Crippen molar-refractivity contribution in [3.63, 3.8) is 0 Å². The molecule has 1 aliphatic heterocycles.